The second-order valence-electron chi connectivity index (χ2n) is 6.26. The average Bonchev–Trinajstić information content (AvgIpc) is 2.53. The maximum atomic E-state index is 12.1. The molecule has 0 atom stereocenters. The van der Waals surface area contributed by atoms with Gasteiger partial charge < -0.3 is 20.3 Å². The lowest BCUT2D eigenvalue weighted by atomic mass is 10.1. The number of hydrogen-bond acceptors (Lipinski definition) is 4. The van der Waals surface area contributed by atoms with Gasteiger partial charge in [-0.3, -0.25) is 4.79 Å². The minimum absolute atomic E-state index is 0.0243. The molecule has 2 amide bonds. The molecular weight excluding hydrogens is 306 g/mol. The molecule has 2 N–H and O–H groups in total. The molecule has 0 unspecified atom stereocenters. The van der Waals surface area contributed by atoms with Crippen molar-refractivity contribution < 1.29 is 14.3 Å². The van der Waals surface area contributed by atoms with Crippen molar-refractivity contribution in [2.75, 3.05) is 31.6 Å². The van der Waals surface area contributed by atoms with Crippen molar-refractivity contribution in [3.63, 3.8) is 0 Å². The molecule has 1 aromatic rings. The number of benzene rings is 1. The molecule has 1 aromatic carbocycles. The van der Waals surface area contributed by atoms with Crippen LogP contribution in [-0.2, 0) is 9.53 Å². The van der Waals surface area contributed by atoms with Gasteiger partial charge in [0.1, 0.15) is 0 Å². The summed E-state index contributed by atoms with van der Waals surface area (Å²) in [5.74, 6) is -0.0243. The fourth-order valence-corrected chi connectivity index (χ4v) is 2.96. The van der Waals surface area contributed by atoms with E-state index in [2.05, 4.69) is 16.7 Å². The van der Waals surface area contributed by atoms with Crippen molar-refractivity contribution in [2.45, 2.75) is 39.7 Å². The van der Waals surface area contributed by atoms with E-state index in [1.165, 1.54) is 11.1 Å². The van der Waals surface area contributed by atoms with Gasteiger partial charge in [0.15, 0.2) is 0 Å². The molecule has 0 spiro atoms. The number of amides is 2. The van der Waals surface area contributed by atoms with E-state index in [0.717, 1.165) is 18.5 Å². The van der Waals surface area contributed by atoms with Gasteiger partial charge in [0, 0.05) is 24.8 Å². The number of carbonyl (C=O) groups excluding carboxylic acids is 2. The smallest absolute Gasteiger partial charge is 0.409 e. The third kappa shape index (κ3) is 5.44. The van der Waals surface area contributed by atoms with Crippen molar-refractivity contribution in [1.29, 1.82) is 0 Å². The Bertz CT molecular complexity index is 561. The number of hydrogen-bond donors (Lipinski definition) is 2. The highest BCUT2D eigenvalue weighted by molar-refractivity contribution is 5.81. The molecule has 1 fully saturated rings. The van der Waals surface area contributed by atoms with Crippen molar-refractivity contribution in [3.8, 4) is 0 Å². The van der Waals surface area contributed by atoms with E-state index in [9.17, 15) is 9.59 Å². The number of aryl methyl sites for hydroxylation is 2. The van der Waals surface area contributed by atoms with E-state index in [-0.39, 0.29) is 24.6 Å². The van der Waals surface area contributed by atoms with Crippen LogP contribution in [0.1, 0.15) is 30.9 Å². The molecule has 0 radical (unpaired) electrons. The second kappa shape index (κ2) is 8.57. The average molecular weight is 333 g/mol. The highest BCUT2D eigenvalue weighted by Crippen LogP contribution is 2.14. The summed E-state index contributed by atoms with van der Waals surface area (Å²) in [7, 11) is 0. The highest BCUT2D eigenvalue weighted by atomic mass is 16.6. The van der Waals surface area contributed by atoms with E-state index >= 15 is 0 Å². The van der Waals surface area contributed by atoms with E-state index in [0.29, 0.717) is 19.7 Å². The Kier molecular flexibility index (Phi) is 6.46. The van der Waals surface area contributed by atoms with E-state index in [1.54, 1.807) is 11.8 Å². The van der Waals surface area contributed by atoms with E-state index < -0.39 is 0 Å². The van der Waals surface area contributed by atoms with Crippen LogP contribution in [0.15, 0.2) is 18.2 Å². The second-order valence-corrected chi connectivity index (χ2v) is 6.26. The minimum Gasteiger partial charge on any atom is -0.450 e. The number of nitrogens with zero attached hydrogens (tertiary/aromatic N) is 1. The normalized spacial score (nSPS) is 15.0. The third-order valence-corrected chi connectivity index (χ3v) is 4.06. The van der Waals surface area contributed by atoms with Gasteiger partial charge >= 0.3 is 6.09 Å². The standard InChI is InChI=1S/C18H27N3O3/c1-4-24-18(23)21-7-5-15(6-8-21)20-17(22)12-19-16-10-13(2)9-14(3)11-16/h9-11,15,19H,4-8,12H2,1-3H3,(H,20,22). The zero-order valence-corrected chi connectivity index (χ0v) is 14.7. The zero-order chi connectivity index (χ0) is 17.5. The summed E-state index contributed by atoms with van der Waals surface area (Å²) >= 11 is 0. The lowest BCUT2D eigenvalue weighted by molar-refractivity contribution is -0.120. The molecule has 1 heterocycles. The molecule has 6 heteroatoms. The highest BCUT2D eigenvalue weighted by Gasteiger charge is 2.24. The van der Waals surface area contributed by atoms with Crippen LogP contribution < -0.4 is 10.6 Å². The first-order chi connectivity index (χ1) is 11.5. The fraction of sp³-hybridized carbons (Fsp3) is 0.556. The molecule has 1 saturated heterocycles. The largest absolute Gasteiger partial charge is 0.450 e. The predicted molar refractivity (Wildman–Crippen MR) is 94.2 cm³/mol. The SMILES string of the molecule is CCOC(=O)N1CCC(NC(=O)CNc2cc(C)cc(C)c2)CC1. The summed E-state index contributed by atoms with van der Waals surface area (Å²) in [6.07, 6.45) is 1.25. The number of piperidine rings is 1. The molecule has 0 saturated carbocycles. The Balaban J connectivity index is 1.72. The molecule has 132 valence electrons. The molecule has 6 nitrogen and oxygen atoms in total. The number of carbonyl (C=O) groups is 2. The summed E-state index contributed by atoms with van der Waals surface area (Å²) in [6, 6.07) is 6.27. The van der Waals surface area contributed by atoms with Gasteiger partial charge in [-0.15, -0.1) is 0 Å². The van der Waals surface area contributed by atoms with Crippen LogP contribution in [0.25, 0.3) is 0 Å². The van der Waals surface area contributed by atoms with Gasteiger partial charge in [-0.2, -0.15) is 0 Å². The number of rotatable bonds is 5. The summed E-state index contributed by atoms with van der Waals surface area (Å²) < 4.78 is 4.99. The van der Waals surface area contributed by atoms with Crippen LogP contribution >= 0.6 is 0 Å². The Morgan fingerprint density at radius 1 is 1.17 bits per heavy atom. The monoisotopic (exact) mass is 333 g/mol. The fourth-order valence-electron chi connectivity index (χ4n) is 2.96. The minimum atomic E-state index is -0.265. The summed E-state index contributed by atoms with van der Waals surface area (Å²) in [6.45, 7) is 7.75. The van der Waals surface area contributed by atoms with Crippen molar-refractivity contribution >= 4 is 17.7 Å². The third-order valence-electron chi connectivity index (χ3n) is 4.06. The van der Waals surface area contributed by atoms with Crippen molar-refractivity contribution in [3.05, 3.63) is 29.3 Å². The van der Waals surface area contributed by atoms with Gasteiger partial charge in [-0.1, -0.05) is 6.07 Å². The van der Waals surface area contributed by atoms with Crippen molar-refractivity contribution in [2.24, 2.45) is 0 Å². The number of nitrogens with one attached hydrogen (secondary N) is 2. The molecule has 2 rings (SSSR count). The van der Waals surface area contributed by atoms with Gasteiger partial charge in [-0.25, -0.2) is 4.79 Å². The Labute approximate surface area is 143 Å². The number of likely N-dealkylation sites (tertiary alicyclic amines) is 1. The first-order valence-corrected chi connectivity index (χ1v) is 8.51. The molecule has 0 aromatic heterocycles. The van der Waals surface area contributed by atoms with E-state index in [1.807, 2.05) is 26.0 Å². The Morgan fingerprint density at radius 2 is 1.79 bits per heavy atom. The topological polar surface area (TPSA) is 70.7 Å². The first-order valence-electron chi connectivity index (χ1n) is 8.51. The van der Waals surface area contributed by atoms with Crippen LogP contribution in [0.2, 0.25) is 0 Å². The maximum Gasteiger partial charge on any atom is 0.409 e. The first kappa shape index (κ1) is 18.1. The van der Waals surface area contributed by atoms with Crippen LogP contribution in [0.5, 0.6) is 0 Å². The van der Waals surface area contributed by atoms with E-state index in [4.69, 9.17) is 4.74 Å². The zero-order valence-electron chi connectivity index (χ0n) is 14.7. The Hall–Kier alpha value is -2.24. The van der Waals surface area contributed by atoms with Crippen molar-refractivity contribution in [1.82, 2.24) is 10.2 Å². The van der Waals surface area contributed by atoms with Gasteiger partial charge in [0.05, 0.1) is 13.2 Å². The molecule has 0 aliphatic carbocycles. The van der Waals surface area contributed by atoms with Gasteiger partial charge in [0.2, 0.25) is 5.91 Å². The Morgan fingerprint density at radius 3 is 2.38 bits per heavy atom. The van der Waals surface area contributed by atoms with Crippen LogP contribution in [0, 0.1) is 13.8 Å². The van der Waals surface area contributed by atoms with Gasteiger partial charge in [0.25, 0.3) is 0 Å². The number of ether oxygens (including phenoxy) is 1. The lowest BCUT2D eigenvalue weighted by Crippen LogP contribution is -2.47. The van der Waals surface area contributed by atoms with Gasteiger partial charge in [-0.05, 0) is 56.9 Å². The summed E-state index contributed by atoms with van der Waals surface area (Å²) in [5.41, 5.74) is 3.30. The lowest BCUT2D eigenvalue weighted by Gasteiger charge is -2.31. The molecule has 1 aliphatic heterocycles. The van der Waals surface area contributed by atoms with Crippen LogP contribution in [-0.4, -0.2) is 49.2 Å². The molecular formula is C18H27N3O3. The van der Waals surface area contributed by atoms with Crippen LogP contribution in [0.4, 0.5) is 10.5 Å². The predicted octanol–water partition coefficient (Wildman–Crippen LogP) is 2.45. The summed E-state index contributed by atoms with van der Waals surface area (Å²) in [4.78, 5) is 25.4. The molecule has 24 heavy (non-hydrogen) atoms. The van der Waals surface area contributed by atoms with Crippen LogP contribution in [0.3, 0.4) is 0 Å². The molecule has 1 aliphatic rings. The quantitative estimate of drug-likeness (QED) is 0.868. The maximum absolute atomic E-state index is 12.1. The number of anilines is 1. The summed E-state index contributed by atoms with van der Waals surface area (Å²) in [5, 5.41) is 6.19. The molecule has 0 bridgehead atoms.